The maximum atomic E-state index is 12.7. The Kier molecular flexibility index (Phi) is 9.50. The standard InChI is InChI=1S/C33H41NO6/c1-31(2,38)28(35)25-13-7-10-22(16-25)19-34(20-23-11-8-14-26(17-23)29(36)32(3,4)39)21-24-12-9-15-27(18-24)30(37)33(5,6)40/h7-18,28,35,38-40H,19-21H2,1-6H3. The van der Waals surface area contributed by atoms with Crippen molar-refractivity contribution in [3.63, 3.8) is 0 Å². The van der Waals surface area contributed by atoms with E-state index in [0.29, 0.717) is 36.3 Å². The van der Waals surface area contributed by atoms with Crippen molar-refractivity contribution in [1.29, 1.82) is 0 Å². The Labute approximate surface area is 236 Å². The van der Waals surface area contributed by atoms with Gasteiger partial charge in [-0.1, -0.05) is 60.7 Å². The van der Waals surface area contributed by atoms with Gasteiger partial charge in [0.2, 0.25) is 0 Å². The summed E-state index contributed by atoms with van der Waals surface area (Å²) in [4.78, 5) is 27.5. The van der Waals surface area contributed by atoms with Crippen molar-refractivity contribution in [1.82, 2.24) is 4.90 Å². The van der Waals surface area contributed by atoms with Gasteiger partial charge in [-0.05, 0) is 75.9 Å². The van der Waals surface area contributed by atoms with E-state index in [1.807, 2.05) is 30.3 Å². The van der Waals surface area contributed by atoms with Gasteiger partial charge < -0.3 is 20.4 Å². The van der Waals surface area contributed by atoms with Gasteiger partial charge in [0.05, 0.1) is 5.60 Å². The van der Waals surface area contributed by atoms with Gasteiger partial charge >= 0.3 is 0 Å². The average Bonchev–Trinajstić information content (AvgIpc) is 2.86. The second kappa shape index (κ2) is 12.1. The van der Waals surface area contributed by atoms with Crippen LogP contribution in [0.15, 0.2) is 72.8 Å². The zero-order valence-electron chi connectivity index (χ0n) is 24.2. The summed E-state index contributed by atoms with van der Waals surface area (Å²) < 4.78 is 0. The fourth-order valence-corrected chi connectivity index (χ4v) is 4.54. The molecule has 3 aromatic rings. The number of Topliss-reactive ketones (excluding diaryl/α,β-unsaturated/α-hetero) is 2. The van der Waals surface area contributed by atoms with Gasteiger partial charge in [-0.3, -0.25) is 14.5 Å². The summed E-state index contributed by atoms with van der Waals surface area (Å²) in [7, 11) is 0. The molecule has 0 bridgehead atoms. The van der Waals surface area contributed by atoms with E-state index in [2.05, 4.69) is 4.90 Å². The topological polar surface area (TPSA) is 118 Å². The Balaban J connectivity index is 1.95. The third-order valence-corrected chi connectivity index (χ3v) is 6.64. The highest BCUT2D eigenvalue weighted by atomic mass is 16.3. The fourth-order valence-electron chi connectivity index (χ4n) is 4.54. The molecule has 0 aliphatic carbocycles. The predicted molar refractivity (Wildman–Crippen MR) is 155 cm³/mol. The van der Waals surface area contributed by atoms with E-state index < -0.39 is 22.9 Å². The molecule has 1 unspecified atom stereocenters. The summed E-state index contributed by atoms with van der Waals surface area (Å²) in [6.45, 7) is 10.3. The molecule has 0 aliphatic rings. The number of hydrogen-bond acceptors (Lipinski definition) is 7. The molecule has 1 atom stereocenters. The first-order chi connectivity index (χ1) is 18.4. The molecule has 0 aromatic heterocycles. The third-order valence-electron chi connectivity index (χ3n) is 6.64. The van der Waals surface area contributed by atoms with Crippen LogP contribution in [0.3, 0.4) is 0 Å². The minimum absolute atomic E-state index is 0.368. The number of ketones is 2. The molecular weight excluding hydrogens is 506 g/mol. The van der Waals surface area contributed by atoms with Crippen LogP contribution in [0.2, 0.25) is 0 Å². The third kappa shape index (κ3) is 8.40. The molecule has 40 heavy (non-hydrogen) atoms. The summed E-state index contributed by atoms with van der Waals surface area (Å²) in [5.41, 5.74) is -0.219. The van der Waals surface area contributed by atoms with Crippen LogP contribution < -0.4 is 0 Å². The lowest BCUT2D eigenvalue weighted by Gasteiger charge is -2.27. The van der Waals surface area contributed by atoms with Gasteiger partial charge in [-0.15, -0.1) is 0 Å². The monoisotopic (exact) mass is 547 g/mol. The highest BCUT2D eigenvalue weighted by Gasteiger charge is 2.28. The van der Waals surface area contributed by atoms with E-state index in [0.717, 1.165) is 16.7 Å². The Morgan fingerprint density at radius 1 is 0.650 bits per heavy atom. The quantitative estimate of drug-likeness (QED) is 0.245. The smallest absolute Gasteiger partial charge is 0.193 e. The maximum Gasteiger partial charge on any atom is 0.193 e. The molecule has 0 amide bonds. The molecule has 0 fully saturated rings. The molecule has 0 aliphatic heterocycles. The molecule has 3 aromatic carbocycles. The van der Waals surface area contributed by atoms with Gasteiger partial charge in [0, 0.05) is 30.8 Å². The first-order valence-electron chi connectivity index (χ1n) is 13.4. The lowest BCUT2D eigenvalue weighted by molar-refractivity contribution is -0.0497. The van der Waals surface area contributed by atoms with Crippen LogP contribution in [0.4, 0.5) is 0 Å². The number of rotatable bonds is 12. The molecular formula is C33H41NO6. The van der Waals surface area contributed by atoms with E-state index in [9.17, 15) is 30.0 Å². The highest BCUT2D eigenvalue weighted by molar-refractivity contribution is 6.02. The van der Waals surface area contributed by atoms with Gasteiger partial charge in [0.25, 0.3) is 0 Å². The summed E-state index contributed by atoms with van der Waals surface area (Å²) >= 11 is 0. The summed E-state index contributed by atoms with van der Waals surface area (Å²) in [6.07, 6.45) is -1.06. The number of carbonyl (C=O) groups excluding carboxylic acids is 2. The predicted octanol–water partition coefficient (Wildman–Crippen LogP) is 4.60. The van der Waals surface area contributed by atoms with Crippen LogP contribution in [0.25, 0.3) is 0 Å². The maximum absolute atomic E-state index is 12.7. The highest BCUT2D eigenvalue weighted by Crippen LogP contribution is 2.27. The number of hydrogen-bond donors (Lipinski definition) is 4. The fraction of sp³-hybridized carbons (Fsp3) is 0.394. The molecule has 0 spiro atoms. The number of nitrogens with zero attached hydrogens (tertiary/aromatic N) is 1. The van der Waals surface area contributed by atoms with Crippen LogP contribution in [0, 0.1) is 0 Å². The molecule has 7 heteroatoms. The molecule has 3 rings (SSSR count). The normalized spacial score (nSPS) is 13.4. The number of benzene rings is 3. The van der Waals surface area contributed by atoms with Crippen molar-refractivity contribution >= 4 is 11.6 Å². The van der Waals surface area contributed by atoms with E-state index in [4.69, 9.17) is 0 Å². The van der Waals surface area contributed by atoms with Crippen LogP contribution in [0.5, 0.6) is 0 Å². The Morgan fingerprint density at radius 2 is 1.02 bits per heavy atom. The minimum Gasteiger partial charge on any atom is -0.387 e. The van der Waals surface area contributed by atoms with Gasteiger partial charge in [0.15, 0.2) is 11.6 Å². The lowest BCUT2D eigenvalue weighted by Crippen LogP contribution is -2.31. The number of carbonyl (C=O) groups is 2. The van der Waals surface area contributed by atoms with Crippen molar-refractivity contribution < 1.29 is 30.0 Å². The van der Waals surface area contributed by atoms with E-state index in [-0.39, 0.29) is 11.6 Å². The molecule has 7 nitrogen and oxygen atoms in total. The van der Waals surface area contributed by atoms with E-state index >= 15 is 0 Å². The van der Waals surface area contributed by atoms with Gasteiger partial charge in [-0.25, -0.2) is 0 Å². The Bertz CT molecular complexity index is 1270. The van der Waals surface area contributed by atoms with Crippen molar-refractivity contribution in [3.8, 4) is 0 Å². The Morgan fingerprint density at radius 3 is 1.40 bits per heavy atom. The second-order valence-electron chi connectivity index (χ2n) is 12.1. The molecule has 0 saturated carbocycles. The van der Waals surface area contributed by atoms with Crippen molar-refractivity contribution in [2.75, 3.05) is 0 Å². The second-order valence-corrected chi connectivity index (χ2v) is 12.1. The molecule has 214 valence electrons. The van der Waals surface area contributed by atoms with Crippen LogP contribution >= 0.6 is 0 Å². The number of aliphatic hydroxyl groups is 4. The molecule has 4 N–H and O–H groups in total. The van der Waals surface area contributed by atoms with Crippen molar-refractivity contribution in [2.24, 2.45) is 0 Å². The first kappa shape index (κ1) is 31.3. The van der Waals surface area contributed by atoms with Crippen molar-refractivity contribution in [3.05, 3.63) is 106 Å². The zero-order chi connectivity index (χ0) is 29.9. The van der Waals surface area contributed by atoms with E-state index in [1.54, 1.807) is 56.3 Å². The average molecular weight is 548 g/mol. The SMILES string of the molecule is CC(C)(O)C(=O)c1cccc(CN(Cc2cccc(C(=O)C(C)(C)O)c2)Cc2cccc(C(O)C(C)(C)O)c2)c1. The summed E-state index contributed by atoms with van der Waals surface area (Å²) in [6, 6.07) is 21.7. The van der Waals surface area contributed by atoms with Crippen LogP contribution in [-0.2, 0) is 19.6 Å². The van der Waals surface area contributed by atoms with E-state index in [1.165, 1.54) is 27.7 Å². The minimum atomic E-state index is -1.49. The summed E-state index contributed by atoms with van der Waals surface area (Å²) in [5, 5.41) is 41.4. The largest absolute Gasteiger partial charge is 0.387 e. The van der Waals surface area contributed by atoms with Crippen molar-refractivity contribution in [2.45, 2.75) is 84.1 Å². The lowest BCUT2D eigenvalue weighted by atomic mass is 9.93. The zero-order valence-corrected chi connectivity index (χ0v) is 24.2. The van der Waals surface area contributed by atoms with Crippen LogP contribution in [-0.4, -0.2) is 53.7 Å². The van der Waals surface area contributed by atoms with Gasteiger partial charge in [-0.2, -0.15) is 0 Å². The first-order valence-corrected chi connectivity index (χ1v) is 13.4. The molecule has 0 radical (unpaired) electrons. The summed E-state index contributed by atoms with van der Waals surface area (Å²) in [5.74, 6) is -0.737. The van der Waals surface area contributed by atoms with Gasteiger partial charge in [0.1, 0.15) is 17.3 Å². The van der Waals surface area contributed by atoms with Crippen LogP contribution in [0.1, 0.15) is 90.6 Å². The Hall–Kier alpha value is -3.20. The molecule has 0 heterocycles. The molecule has 0 saturated heterocycles. The number of aliphatic hydroxyl groups excluding tert-OH is 1.